The van der Waals surface area contributed by atoms with E-state index in [0.29, 0.717) is 38.9 Å². The maximum atomic E-state index is 11.3. The number of non-ortho nitro benzene ring substituents is 1. The molecule has 31 heavy (non-hydrogen) atoms. The molecule has 0 fully saturated rings. The number of hydrogen-bond donors (Lipinski definition) is 3. The van der Waals surface area contributed by atoms with Gasteiger partial charge in [-0.05, 0) is 53.7 Å². The average molecular weight is 417 g/mol. The molecule has 1 heterocycles. The highest BCUT2D eigenvalue weighted by Gasteiger charge is 2.14. The summed E-state index contributed by atoms with van der Waals surface area (Å²) >= 11 is 0. The summed E-state index contributed by atoms with van der Waals surface area (Å²) in [6.45, 7) is -0.612. The lowest BCUT2D eigenvalue weighted by molar-refractivity contribution is -0.384. The predicted octanol–water partition coefficient (Wildman–Crippen LogP) is 4.37. The molecule has 4 aromatic rings. The molecule has 3 aromatic carbocycles. The normalized spacial score (nSPS) is 10.7. The predicted molar refractivity (Wildman–Crippen MR) is 117 cm³/mol. The Labute approximate surface area is 174 Å². The van der Waals surface area contributed by atoms with Crippen molar-refractivity contribution < 1.29 is 14.8 Å². The van der Waals surface area contributed by atoms with Crippen LogP contribution in [0.5, 0.6) is 0 Å². The number of aromatic nitrogens is 1. The van der Waals surface area contributed by atoms with E-state index in [-0.39, 0.29) is 11.4 Å². The highest BCUT2D eigenvalue weighted by atomic mass is 16.6. The van der Waals surface area contributed by atoms with Crippen molar-refractivity contribution in [3.63, 3.8) is 0 Å². The van der Waals surface area contributed by atoms with Crippen molar-refractivity contribution in [2.75, 3.05) is 17.2 Å². The first-order chi connectivity index (χ1) is 15.0. The highest BCUT2D eigenvalue weighted by Crippen LogP contribution is 2.36. The topological polar surface area (TPSA) is 147 Å². The third kappa shape index (κ3) is 4.00. The summed E-state index contributed by atoms with van der Waals surface area (Å²) in [6.07, 6.45) is 0. The summed E-state index contributed by atoms with van der Waals surface area (Å²) in [6, 6.07) is 16.0. The summed E-state index contributed by atoms with van der Waals surface area (Å²) in [4.78, 5) is 37.4. The number of rotatable bonds is 6. The van der Waals surface area contributed by atoms with Crippen molar-refractivity contribution in [3.8, 4) is 0 Å². The number of fused-ring (bicyclic) bond motifs is 2. The smallest absolute Gasteiger partial charge is 0.271 e. The number of pyridine rings is 1. The molecule has 0 unspecified atom stereocenters. The van der Waals surface area contributed by atoms with Crippen molar-refractivity contribution >= 4 is 56.1 Å². The number of nitroso groups, excluding NO2 is 1. The second-order valence-corrected chi connectivity index (χ2v) is 6.65. The largest absolute Gasteiger partial charge is 0.387 e. The number of aliphatic hydroxyl groups excluding tert-OH is 1. The van der Waals surface area contributed by atoms with Crippen LogP contribution in [0.4, 0.5) is 28.4 Å². The van der Waals surface area contributed by atoms with E-state index in [1.165, 1.54) is 18.2 Å². The Bertz CT molecular complexity index is 1340. The molecule has 0 aliphatic rings. The monoisotopic (exact) mass is 417 g/mol. The number of benzene rings is 3. The van der Waals surface area contributed by atoms with E-state index in [0.717, 1.165) is 0 Å². The first-order valence-corrected chi connectivity index (χ1v) is 9.11. The van der Waals surface area contributed by atoms with Crippen LogP contribution in [0.3, 0.4) is 0 Å². The molecule has 0 aliphatic carbocycles. The Balaban J connectivity index is 1.83. The number of nitrogens with zero attached hydrogens (tertiary/aromatic N) is 3. The van der Waals surface area contributed by atoms with Gasteiger partial charge in [-0.15, -0.1) is 4.91 Å². The minimum Gasteiger partial charge on any atom is -0.387 e. The maximum Gasteiger partial charge on any atom is 0.271 e. The molecule has 3 N–H and O–H groups in total. The van der Waals surface area contributed by atoms with Gasteiger partial charge < -0.3 is 15.7 Å². The zero-order valence-electron chi connectivity index (χ0n) is 15.9. The lowest BCUT2D eigenvalue weighted by Gasteiger charge is -2.14. The minimum atomic E-state index is -0.612. The van der Waals surface area contributed by atoms with Crippen LogP contribution in [-0.2, 0) is 4.79 Å². The van der Waals surface area contributed by atoms with Gasteiger partial charge in [0, 0.05) is 34.3 Å². The first kappa shape index (κ1) is 19.9. The van der Waals surface area contributed by atoms with Crippen LogP contribution >= 0.6 is 0 Å². The van der Waals surface area contributed by atoms with E-state index >= 15 is 0 Å². The lowest BCUT2D eigenvalue weighted by Crippen LogP contribution is -2.15. The van der Waals surface area contributed by atoms with Gasteiger partial charge in [-0.25, -0.2) is 4.98 Å². The van der Waals surface area contributed by atoms with Crippen LogP contribution in [0.1, 0.15) is 0 Å². The molecule has 0 bridgehead atoms. The third-order valence-corrected chi connectivity index (χ3v) is 4.64. The van der Waals surface area contributed by atoms with Crippen LogP contribution in [0.15, 0.2) is 65.8 Å². The molecular formula is C21H15N5O5. The average Bonchev–Trinajstić information content (AvgIpc) is 2.79. The van der Waals surface area contributed by atoms with Crippen molar-refractivity contribution in [3.05, 3.63) is 75.7 Å². The van der Waals surface area contributed by atoms with Gasteiger partial charge in [-0.1, -0.05) is 0 Å². The van der Waals surface area contributed by atoms with Crippen LogP contribution < -0.4 is 10.6 Å². The van der Waals surface area contributed by atoms with Gasteiger partial charge in [0.25, 0.3) is 5.69 Å². The summed E-state index contributed by atoms with van der Waals surface area (Å²) in [5.41, 5.74) is 2.80. The number of anilines is 3. The quantitative estimate of drug-likeness (QED) is 0.183. The molecule has 154 valence electrons. The number of carbonyl (C=O) groups is 1. The number of nitrogens with one attached hydrogen (secondary N) is 2. The number of carbonyl (C=O) groups excluding carboxylic acids is 1. The number of nitro benzene ring substituents is 1. The molecule has 10 nitrogen and oxygen atoms in total. The Morgan fingerprint density at radius 1 is 1.00 bits per heavy atom. The Morgan fingerprint density at radius 3 is 2.29 bits per heavy atom. The van der Waals surface area contributed by atoms with Crippen molar-refractivity contribution in [1.29, 1.82) is 0 Å². The first-order valence-electron chi connectivity index (χ1n) is 9.11. The summed E-state index contributed by atoms with van der Waals surface area (Å²) in [5.74, 6) is -0.520. The fourth-order valence-corrected chi connectivity index (χ4v) is 3.21. The number of hydrogen-bond acceptors (Lipinski definition) is 8. The Kier molecular flexibility index (Phi) is 5.21. The van der Waals surface area contributed by atoms with Gasteiger partial charge in [0.2, 0.25) is 5.91 Å². The van der Waals surface area contributed by atoms with Gasteiger partial charge in [-0.2, -0.15) is 0 Å². The second-order valence-electron chi connectivity index (χ2n) is 6.65. The number of nitro groups is 1. The van der Waals surface area contributed by atoms with E-state index in [4.69, 9.17) is 5.11 Å². The van der Waals surface area contributed by atoms with Crippen molar-refractivity contribution in [2.24, 2.45) is 5.18 Å². The van der Waals surface area contributed by atoms with Crippen molar-refractivity contribution in [2.45, 2.75) is 0 Å². The Hall–Kier alpha value is -4.44. The van der Waals surface area contributed by atoms with E-state index in [2.05, 4.69) is 20.8 Å². The maximum absolute atomic E-state index is 11.3. The minimum absolute atomic E-state index is 0.0982. The zero-order valence-corrected chi connectivity index (χ0v) is 15.9. The number of aliphatic hydroxyl groups is 1. The zero-order chi connectivity index (χ0) is 22.0. The molecular weight excluding hydrogens is 402 g/mol. The SMILES string of the molecule is O=Nc1ccc2c(Nc3ccc(NC(=O)CO)cc3)c3ccc([N+](=O)[O-])cc3nc2c1. The molecule has 1 aromatic heterocycles. The van der Waals surface area contributed by atoms with Crippen LogP contribution in [-0.4, -0.2) is 27.5 Å². The van der Waals surface area contributed by atoms with Gasteiger partial charge in [0.05, 0.1) is 21.6 Å². The molecule has 0 atom stereocenters. The lowest BCUT2D eigenvalue weighted by atomic mass is 10.1. The highest BCUT2D eigenvalue weighted by molar-refractivity contribution is 6.09. The fraction of sp³-hybridized carbons (Fsp3) is 0.0476. The van der Waals surface area contributed by atoms with Crippen molar-refractivity contribution in [1.82, 2.24) is 4.98 Å². The standard InChI is InChI=1S/C21H15N5O5/c27-11-20(28)22-12-1-3-13(4-2-12)23-21-16-7-5-14(25-29)9-18(16)24-19-10-15(26(30)31)6-8-17(19)21/h1-10,27H,11H2,(H,22,28)(H,23,24). The van der Waals surface area contributed by atoms with Gasteiger partial charge >= 0.3 is 0 Å². The van der Waals surface area contributed by atoms with E-state index in [9.17, 15) is 19.8 Å². The van der Waals surface area contributed by atoms with Crippen LogP contribution in [0.25, 0.3) is 21.8 Å². The van der Waals surface area contributed by atoms with Crippen LogP contribution in [0, 0.1) is 15.0 Å². The van der Waals surface area contributed by atoms with Crippen LogP contribution in [0.2, 0.25) is 0 Å². The molecule has 0 aliphatic heterocycles. The fourth-order valence-electron chi connectivity index (χ4n) is 3.21. The molecule has 0 saturated heterocycles. The molecule has 0 saturated carbocycles. The molecule has 0 spiro atoms. The van der Waals surface area contributed by atoms with E-state index in [1.807, 2.05) is 0 Å². The van der Waals surface area contributed by atoms with Gasteiger partial charge in [0.1, 0.15) is 12.3 Å². The Morgan fingerprint density at radius 2 is 1.65 bits per heavy atom. The second kappa shape index (κ2) is 8.13. The molecule has 4 rings (SSSR count). The van der Waals surface area contributed by atoms with Gasteiger partial charge in [0.15, 0.2) is 0 Å². The third-order valence-electron chi connectivity index (χ3n) is 4.64. The molecule has 1 amide bonds. The summed E-state index contributed by atoms with van der Waals surface area (Å²) in [7, 11) is 0. The molecule has 10 heteroatoms. The van der Waals surface area contributed by atoms with E-state index in [1.54, 1.807) is 42.5 Å². The van der Waals surface area contributed by atoms with E-state index < -0.39 is 17.4 Å². The summed E-state index contributed by atoms with van der Waals surface area (Å²) < 4.78 is 0. The summed E-state index contributed by atoms with van der Waals surface area (Å²) in [5, 5.41) is 30.1. The van der Waals surface area contributed by atoms with Gasteiger partial charge in [-0.3, -0.25) is 14.9 Å². The molecule has 0 radical (unpaired) electrons. The number of amides is 1.